The van der Waals surface area contributed by atoms with Crippen LogP contribution in [0, 0.1) is 12.8 Å². The number of rotatable bonds is 5. The van der Waals surface area contributed by atoms with E-state index in [1.54, 1.807) is 0 Å². The third kappa shape index (κ3) is 3.34. The van der Waals surface area contributed by atoms with Gasteiger partial charge in [-0.25, -0.2) is 4.98 Å². The first kappa shape index (κ1) is 13.1. The molecule has 0 spiro atoms. The average molecular weight is 249 g/mol. The number of hydrogen-bond acceptors (Lipinski definition) is 4. The molecule has 1 aromatic rings. The summed E-state index contributed by atoms with van der Waals surface area (Å²) in [5.41, 5.74) is 0.984. The van der Waals surface area contributed by atoms with E-state index in [0.717, 1.165) is 11.6 Å². The van der Waals surface area contributed by atoms with Gasteiger partial charge < -0.3 is 10.1 Å². The van der Waals surface area contributed by atoms with Gasteiger partial charge in [-0.15, -0.1) is 0 Å². The normalized spacial score (nSPS) is 15.9. The van der Waals surface area contributed by atoms with Crippen LogP contribution in [0.3, 0.4) is 0 Å². The zero-order valence-corrected chi connectivity index (χ0v) is 11.9. The molecule has 0 amide bonds. The molecule has 2 rings (SSSR count). The van der Waals surface area contributed by atoms with E-state index < -0.39 is 0 Å². The summed E-state index contributed by atoms with van der Waals surface area (Å²) in [6.07, 6.45) is 2.71. The molecule has 1 fully saturated rings. The van der Waals surface area contributed by atoms with Gasteiger partial charge in [-0.2, -0.15) is 4.98 Å². The Morgan fingerprint density at radius 3 is 2.56 bits per heavy atom. The second-order valence-corrected chi connectivity index (χ2v) is 5.96. The van der Waals surface area contributed by atoms with Crippen molar-refractivity contribution in [3.63, 3.8) is 0 Å². The predicted molar refractivity (Wildman–Crippen MR) is 73.0 cm³/mol. The third-order valence-electron chi connectivity index (χ3n) is 3.22. The summed E-state index contributed by atoms with van der Waals surface area (Å²) in [4.78, 5) is 8.86. The summed E-state index contributed by atoms with van der Waals surface area (Å²) in [5, 5.41) is 3.43. The molecule has 100 valence electrons. The van der Waals surface area contributed by atoms with Gasteiger partial charge in [-0.05, 0) is 53.4 Å². The van der Waals surface area contributed by atoms with Crippen molar-refractivity contribution in [3.8, 4) is 5.88 Å². The molecule has 1 aliphatic rings. The highest BCUT2D eigenvalue weighted by molar-refractivity contribution is 5.34. The van der Waals surface area contributed by atoms with Gasteiger partial charge in [0, 0.05) is 17.3 Å². The Kier molecular flexibility index (Phi) is 3.46. The highest BCUT2D eigenvalue weighted by Gasteiger charge is 2.38. The summed E-state index contributed by atoms with van der Waals surface area (Å²) < 4.78 is 5.64. The van der Waals surface area contributed by atoms with Gasteiger partial charge in [0.05, 0.1) is 6.10 Å². The zero-order valence-electron chi connectivity index (χ0n) is 11.9. The number of aryl methyl sites for hydroxylation is 1. The minimum absolute atomic E-state index is 0.0584. The van der Waals surface area contributed by atoms with Crippen LogP contribution in [-0.4, -0.2) is 21.6 Å². The first-order valence-corrected chi connectivity index (χ1v) is 6.67. The molecule has 1 aliphatic carbocycles. The lowest BCUT2D eigenvalue weighted by molar-refractivity contribution is 0.232. The van der Waals surface area contributed by atoms with Gasteiger partial charge in [0.15, 0.2) is 0 Å². The number of hydrogen-bond donors (Lipinski definition) is 1. The molecule has 4 heteroatoms. The molecule has 1 heterocycles. The molecule has 1 saturated carbocycles. The summed E-state index contributed by atoms with van der Waals surface area (Å²) >= 11 is 0. The van der Waals surface area contributed by atoms with E-state index >= 15 is 0 Å². The molecule has 0 aliphatic heterocycles. The lowest BCUT2D eigenvalue weighted by atomic mass is 9.99. The van der Waals surface area contributed by atoms with Crippen molar-refractivity contribution in [2.24, 2.45) is 5.92 Å². The average Bonchev–Trinajstić information content (AvgIpc) is 2.96. The zero-order chi connectivity index (χ0) is 13.3. The Morgan fingerprint density at radius 2 is 2.00 bits per heavy atom. The van der Waals surface area contributed by atoms with Crippen molar-refractivity contribution < 1.29 is 4.74 Å². The minimum atomic E-state index is 0.0584. The van der Waals surface area contributed by atoms with Crippen molar-refractivity contribution in [2.45, 2.75) is 59.1 Å². The Morgan fingerprint density at radius 1 is 1.33 bits per heavy atom. The molecule has 4 nitrogen and oxygen atoms in total. The van der Waals surface area contributed by atoms with Crippen LogP contribution in [0.25, 0.3) is 0 Å². The van der Waals surface area contributed by atoms with Gasteiger partial charge >= 0.3 is 0 Å². The van der Waals surface area contributed by atoms with Crippen molar-refractivity contribution in [1.82, 2.24) is 9.97 Å². The SMILES string of the molecule is Cc1cc(OC(C)C)nc(NC(C)(C)C2CC2)n1. The molecule has 0 saturated heterocycles. The van der Waals surface area contributed by atoms with Crippen LogP contribution in [0.1, 0.15) is 46.2 Å². The van der Waals surface area contributed by atoms with Gasteiger partial charge in [-0.3, -0.25) is 0 Å². The van der Waals surface area contributed by atoms with Crippen LogP contribution in [0.5, 0.6) is 5.88 Å². The highest BCUT2D eigenvalue weighted by Crippen LogP contribution is 2.40. The molecule has 0 bridgehead atoms. The van der Waals surface area contributed by atoms with Gasteiger partial charge in [-0.1, -0.05) is 0 Å². The van der Waals surface area contributed by atoms with E-state index in [0.29, 0.717) is 11.8 Å². The number of anilines is 1. The molecule has 0 atom stereocenters. The smallest absolute Gasteiger partial charge is 0.226 e. The quantitative estimate of drug-likeness (QED) is 0.870. The summed E-state index contributed by atoms with van der Waals surface area (Å²) in [5.74, 6) is 2.05. The number of aromatic nitrogens is 2. The predicted octanol–water partition coefficient (Wildman–Crippen LogP) is 3.17. The van der Waals surface area contributed by atoms with Crippen LogP contribution in [0.4, 0.5) is 5.95 Å². The maximum absolute atomic E-state index is 5.64. The fraction of sp³-hybridized carbons (Fsp3) is 0.714. The molecule has 0 aromatic carbocycles. The largest absolute Gasteiger partial charge is 0.475 e. The Labute approximate surface area is 109 Å². The Hall–Kier alpha value is -1.32. The van der Waals surface area contributed by atoms with Gasteiger partial charge in [0.1, 0.15) is 0 Å². The monoisotopic (exact) mass is 249 g/mol. The Balaban J connectivity index is 2.14. The highest BCUT2D eigenvalue weighted by atomic mass is 16.5. The molecule has 1 aromatic heterocycles. The lowest BCUT2D eigenvalue weighted by Gasteiger charge is -2.26. The fourth-order valence-electron chi connectivity index (χ4n) is 2.09. The first-order chi connectivity index (χ1) is 8.37. The van der Waals surface area contributed by atoms with Crippen LogP contribution in [0.15, 0.2) is 6.07 Å². The summed E-state index contributed by atoms with van der Waals surface area (Å²) in [6, 6.07) is 1.87. The summed E-state index contributed by atoms with van der Waals surface area (Å²) in [7, 11) is 0. The van der Waals surface area contributed by atoms with Crippen molar-refractivity contribution in [1.29, 1.82) is 0 Å². The van der Waals surface area contributed by atoms with E-state index in [-0.39, 0.29) is 11.6 Å². The van der Waals surface area contributed by atoms with Crippen molar-refractivity contribution in [2.75, 3.05) is 5.32 Å². The molecule has 0 unspecified atom stereocenters. The fourth-order valence-corrected chi connectivity index (χ4v) is 2.09. The van der Waals surface area contributed by atoms with Crippen LogP contribution >= 0.6 is 0 Å². The van der Waals surface area contributed by atoms with E-state index in [1.807, 2.05) is 26.8 Å². The molecule has 0 radical (unpaired) electrons. The van der Waals surface area contributed by atoms with E-state index in [2.05, 4.69) is 29.1 Å². The lowest BCUT2D eigenvalue weighted by Crippen LogP contribution is -2.34. The van der Waals surface area contributed by atoms with Crippen LogP contribution in [0.2, 0.25) is 0 Å². The van der Waals surface area contributed by atoms with E-state index in [1.165, 1.54) is 12.8 Å². The Bertz CT molecular complexity index is 425. The van der Waals surface area contributed by atoms with Gasteiger partial charge in [0.2, 0.25) is 11.8 Å². The standard InChI is InChI=1S/C14H23N3O/c1-9(2)18-12-8-10(3)15-13(16-12)17-14(4,5)11-6-7-11/h8-9,11H,6-7H2,1-5H3,(H,15,16,17). The second kappa shape index (κ2) is 4.75. The van der Waals surface area contributed by atoms with Crippen LogP contribution in [-0.2, 0) is 0 Å². The number of nitrogens with zero attached hydrogens (tertiary/aromatic N) is 2. The molecule has 18 heavy (non-hydrogen) atoms. The van der Waals surface area contributed by atoms with Crippen molar-refractivity contribution in [3.05, 3.63) is 11.8 Å². The summed E-state index contributed by atoms with van der Waals surface area (Å²) in [6.45, 7) is 10.4. The molecular formula is C14H23N3O. The molecular weight excluding hydrogens is 226 g/mol. The topological polar surface area (TPSA) is 47.0 Å². The second-order valence-electron chi connectivity index (χ2n) is 5.96. The maximum Gasteiger partial charge on any atom is 0.226 e. The number of nitrogens with one attached hydrogen (secondary N) is 1. The van der Waals surface area contributed by atoms with Crippen LogP contribution < -0.4 is 10.1 Å². The van der Waals surface area contributed by atoms with E-state index in [9.17, 15) is 0 Å². The van der Waals surface area contributed by atoms with E-state index in [4.69, 9.17) is 4.74 Å². The molecule has 1 N–H and O–H groups in total. The van der Waals surface area contributed by atoms with Crippen molar-refractivity contribution >= 4 is 5.95 Å². The third-order valence-corrected chi connectivity index (χ3v) is 3.22. The van der Waals surface area contributed by atoms with Gasteiger partial charge in [0.25, 0.3) is 0 Å². The minimum Gasteiger partial charge on any atom is -0.475 e. The number of ether oxygens (including phenoxy) is 1. The maximum atomic E-state index is 5.64. The first-order valence-electron chi connectivity index (χ1n) is 6.67.